The lowest BCUT2D eigenvalue weighted by Gasteiger charge is -2.26. The summed E-state index contributed by atoms with van der Waals surface area (Å²) in [5.41, 5.74) is 0.761. The maximum absolute atomic E-state index is 14.4. The van der Waals surface area contributed by atoms with Crippen LogP contribution in [-0.2, 0) is 21.4 Å². The fourth-order valence-corrected chi connectivity index (χ4v) is 3.99. The summed E-state index contributed by atoms with van der Waals surface area (Å²) in [6.07, 6.45) is -2.86. The molecule has 32 heavy (non-hydrogen) atoms. The average molecular weight is 451 g/mol. The Morgan fingerprint density at radius 3 is 2.25 bits per heavy atom. The van der Waals surface area contributed by atoms with Crippen molar-refractivity contribution in [3.8, 4) is 0 Å². The molecule has 1 saturated carbocycles. The predicted octanol–water partition coefficient (Wildman–Crippen LogP) is 5.82. The molecule has 0 bridgehead atoms. The molecule has 1 amide bonds. The molecule has 4 nitrogen and oxygen atoms in total. The van der Waals surface area contributed by atoms with E-state index in [2.05, 4.69) is 5.32 Å². The van der Waals surface area contributed by atoms with Gasteiger partial charge >= 0.3 is 12.1 Å². The lowest BCUT2D eigenvalue weighted by molar-refractivity contribution is -0.178. The van der Waals surface area contributed by atoms with E-state index in [1.165, 1.54) is 24.3 Å². The Morgan fingerprint density at radius 2 is 1.75 bits per heavy atom. The standard InChI is InChI=1S/C24H25F4NO3/c1-3-15-4-6-16(7-5-15)21(14(2)24(26,27)28)22(32)29-19-12-17(8-9-18(19)25)23(10-11-23)13-20(30)31/h4-9,12,14,21H,3,10-11,13H2,1-2H3,(H,29,32)(H,30,31). The molecule has 2 aromatic rings. The minimum absolute atomic E-state index is 0.135. The van der Waals surface area contributed by atoms with Crippen LogP contribution in [0.1, 0.15) is 55.7 Å². The van der Waals surface area contributed by atoms with Gasteiger partial charge < -0.3 is 10.4 Å². The maximum Gasteiger partial charge on any atom is 0.392 e. The van der Waals surface area contributed by atoms with Crippen LogP contribution in [0.25, 0.3) is 0 Å². The number of anilines is 1. The van der Waals surface area contributed by atoms with Crippen molar-refractivity contribution >= 4 is 17.6 Å². The van der Waals surface area contributed by atoms with E-state index in [0.717, 1.165) is 18.6 Å². The number of aliphatic carboxylic acids is 1. The first kappa shape index (κ1) is 23.8. The molecule has 2 aromatic carbocycles. The molecule has 0 saturated heterocycles. The summed E-state index contributed by atoms with van der Waals surface area (Å²) in [6, 6.07) is 10.2. The quantitative estimate of drug-likeness (QED) is 0.498. The maximum atomic E-state index is 14.4. The van der Waals surface area contributed by atoms with Crippen molar-refractivity contribution in [3.63, 3.8) is 0 Å². The van der Waals surface area contributed by atoms with E-state index in [-0.39, 0.29) is 17.7 Å². The molecule has 1 aliphatic carbocycles. The Bertz CT molecular complexity index is 997. The van der Waals surface area contributed by atoms with Gasteiger partial charge in [-0.05, 0) is 48.1 Å². The van der Waals surface area contributed by atoms with E-state index < -0.39 is 41.1 Å². The van der Waals surface area contributed by atoms with Crippen LogP contribution in [-0.4, -0.2) is 23.2 Å². The molecule has 0 radical (unpaired) electrons. The van der Waals surface area contributed by atoms with Gasteiger partial charge in [0.05, 0.1) is 23.9 Å². The summed E-state index contributed by atoms with van der Waals surface area (Å²) in [5.74, 6) is -6.33. The van der Waals surface area contributed by atoms with E-state index in [0.29, 0.717) is 24.8 Å². The minimum atomic E-state index is -4.63. The van der Waals surface area contributed by atoms with Gasteiger partial charge in [0.25, 0.3) is 0 Å². The van der Waals surface area contributed by atoms with Crippen LogP contribution >= 0.6 is 0 Å². The van der Waals surface area contributed by atoms with Gasteiger partial charge in [0, 0.05) is 5.41 Å². The van der Waals surface area contributed by atoms with Gasteiger partial charge in [0.2, 0.25) is 5.91 Å². The zero-order valence-corrected chi connectivity index (χ0v) is 17.8. The highest BCUT2D eigenvalue weighted by molar-refractivity contribution is 5.96. The first-order chi connectivity index (χ1) is 15.0. The largest absolute Gasteiger partial charge is 0.481 e. The van der Waals surface area contributed by atoms with Crippen molar-refractivity contribution < 1.29 is 32.3 Å². The Kier molecular flexibility index (Phi) is 6.62. The molecule has 0 heterocycles. The third-order valence-corrected chi connectivity index (χ3v) is 6.23. The number of hydrogen-bond donors (Lipinski definition) is 2. The van der Waals surface area contributed by atoms with Crippen molar-refractivity contribution in [1.82, 2.24) is 0 Å². The number of halogens is 4. The Balaban J connectivity index is 1.92. The number of amides is 1. The topological polar surface area (TPSA) is 66.4 Å². The smallest absolute Gasteiger partial charge is 0.392 e. The van der Waals surface area contributed by atoms with Crippen molar-refractivity contribution in [2.75, 3.05) is 5.32 Å². The van der Waals surface area contributed by atoms with Gasteiger partial charge in [-0.3, -0.25) is 9.59 Å². The highest BCUT2D eigenvalue weighted by Gasteiger charge is 2.47. The molecule has 1 fully saturated rings. The number of nitrogens with one attached hydrogen (secondary N) is 1. The molecule has 1 aliphatic rings. The zero-order chi connectivity index (χ0) is 23.7. The van der Waals surface area contributed by atoms with Crippen molar-refractivity contribution in [1.29, 1.82) is 0 Å². The average Bonchev–Trinajstić information content (AvgIpc) is 3.49. The van der Waals surface area contributed by atoms with Gasteiger partial charge in [0.15, 0.2) is 0 Å². The third kappa shape index (κ3) is 5.11. The van der Waals surface area contributed by atoms with Crippen LogP contribution in [0, 0.1) is 11.7 Å². The normalized spacial score (nSPS) is 16.8. The molecule has 0 aromatic heterocycles. The number of alkyl halides is 3. The van der Waals surface area contributed by atoms with Crippen LogP contribution in [0.2, 0.25) is 0 Å². The summed E-state index contributed by atoms with van der Waals surface area (Å²) in [6.45, 7) is 2.83. The van der Waals surface area contributed by atoms with Gasteiger partial charge in [-0.1, -0.05) is 44.2 Å². The SMILES string of the molecule is CCc1ccc(C(C(=O)Nc2cc(C3(CC(=O)O)CC3)ccc2F)C(C)C(F)(F)F)cc1. The number of benzene rings is 2. The molecule has 172 valence electrons. The molecule has 3 rings (SSSR count). The third-order valence-electron chi connectivity index (χ3n) is 6.23. The molecule has 0 aliphatic heterocycles. The zero-order valence-electron chi connectivity index (χ0n) is 17.8. The second-order valence-corrected chi connectivity index (χ2v) is 8.44. The van der Waals surface area contributed by atoms with Crippen LogP contribution in [0.5, 0.6) is 0 Å². The number of carboxylic acids is 1. The summed E-state index contributed by atoms with van der Waals surface area (Å²) in [4.78, 5) is 24.2. The molecule has 0 spiro atoms. The molecule has 8 heteroatoms. The molecule has 2 atom stereocenters. The van der Waals surface area contributed by atoms with Gasteiger partial charge in [-0.2, -0.15) is 13.2 Å². The number of carbonyl (C=O) groups excluding carboxylic acids is 1. The molecule has 2 N–H and O–H groups in total. The second kappa shape index (κ2) is 8.92. The van der Waals surface area contributed by atoms with E-state index in [1.807, 2.05) is 6.92 Å². The summed E-state index contributed by atoms with van der Waals surface area (Å²) in [7, 11) is 0. The molecular weight excluding hydrogens is 426 g/mol. The van der Waals surface area contributed by atoms with Crippen LogP contribution in [0.4, 0.5) is 23.2 Å². The first-order valence-corrected chi connectivity index (χ1v) is 10.4. The first-order valence-electron chi connectivity index (χ1n) is 10.4. The highest BCUT2D eigenvalue weighted by atomic mass is 19.4. The predicted molar refractivity (Wildman–Crippen MR) is 112 cm³/mol. The molecule has 2 unspecified atom stereocenters. The lowest BCUT2D eigenvalue weighted by Crippen LogP contribution is -2.34. The lowest BCUT2D eigenvalue weighted by atomic mass is 9.85. The second-order valence-electron chi connectivity index (χ2n) is 8.44. The van der Waals surface area contributed by atoms with Crippen molar-refractivity contribution in [2.45, 2.75) is 57.0 Å². The number of rotatable bonds is 8. The van der Waals surface area contributed by atoms with Gasteiger partial charge in [-0.25, -0.2) is 4.39 Å². The van der Waals surface area contributed by atoms with Gasteiger partial charge in [-0.15, -0.1) is 0 Å². The van der Waals surface area contributed by atoms with E-state index in [9.17, 15) is 27.2 Å². The number of carbonyl (C=O) groups is 2. The van der Waals surface area contributed by atoms with Crippen LogP contribution < -0.4 is 5.32 Å². The van der Waals surface area contributed by atoms with Crippen LogP contribution in [0.15, 0.2) is 42.5 Å². The van der Waals surface area contributed by atoms with Crippen LogP contribution in [0.3, 0.4) is 0 Å². The fraction of sp³-hybridized carbons (Fsp3) is 0.417. The van der Waals surface area contributed by atoms with E-state index >= 15 is 0 Å². The Hall–Kier alpha value is -2.90. The summed E-state index contributed by atoms with van der Waals surface area (Å²) >= 11 is 0. The molecular formula is C24H25F4NO3. The summed E-state index contributed by atoms with van der Waals surface area (Å²) < 4.78 is 55.1. The number of carboxylic acid groups (broad SMARTS) is 1. The van der Waals surface area contributed by atoms with Crippen molar-refractivity contribution in [2.24, 2.45) is 5.92 Å². The Labute approximate surface area is 183 Å². The Morgan fingerprint density at radius 1 is 1.12 bits per heavy atom. The highest BCUT2D eigenvalue weighted by Crippen LogP contribution is 2.51. The van der Waals surface area contributed by atoms with Crippen molar-refractivity contribution in [3.05, 3.63) is 65.0 Å². The van der Waals surface area contributed by atoms with E-state index in [4.69, 9.17) is 5.11 Å². The summed E-state index contributed by atoms with van der Waals surface area (Å²) in [5, 5.41) is 11.5. The number of aryl methyl sites for hydroxylation is 1. The monoisotopic (exact) mass is 451 g/mol. The minimum Gasteiger partial charge on any atom is -0.481 e. The number of hydrogen-bond acceptors (Lipinski definition) is 2. The van der Waals surface area contributed by atoms with E-state index in [1.54, 1.807) is 12.1 Å². The van der Waals surface area contributed by atoms with Gasteiger partial charge in [0.1, 0.15) is 5.82 Å². The fourth-order valence-electron chi connectivity index (χ4n) is 3.99.